The lowest BCUT2D eigenvalue weighted by Crippen LogP contribution is -2.17. The highest BCUT2D eigenvalue weighted by molar-refractivity contribution is 6.00. The van der Waals surface area contributed by atoms with Crippen molar-refractivity contribution in [2.24, 2.45) is 0 Å². The quantitative estimate of drug-likeness (QED) is 0.530. The first-order valence-electron chi connectivity index (χ1n) is 7.55. The molecule has 0 atom stereocenters. The standard InChI is InChI=1S/C18H11F4NO4/c19-12-3-1-10(2-4-12)16(24)9-23-14-6-5-13(27-18(20,21)22)7-11(14)8-15(23)17(25)26/h1-8H,9H2,(H,25,26). The predicted octanol–water partition coefficient (Wildman–Crippen LogP) is 4.26. The molecule has 0 aliphatic heterocycles. The maximum atomic E-state index is 13.0. The van der Waals surface area contributed by atoms with Crippen molar-refractivity contribution in [1.29, 1.82) is 0 Å². The van der Waals surface area contributed by atoms with E-state index >= 15 is 0 Å². The number of hydrogen-bond donors (Lipinski definition) is 1. The van der Waals surface area contributed by atoms with Crippen molar-refractivity contribution in [3.63, 3.8) is 0 Å². The van der Waals surface area contributed by atoms with Crippen LogP contribution in [0.25, 0.3) is 10.9 Å². The second kappa shape index (κ2) is 6.75. The fraction of sp³-hybridized carbons (Fsp3) is 0.111. The van der Waals surface area contributed by atoms with E-state index in [0.717, 1.165) is 30.3 Å². The summed E-state index contributed by atoms with van der Waals surface area (Å²) in [6, 6.07) is 9.17. The number of halogens is 4. The molecule has 9 heteroatoms. The minimum absolute atomic E-state index is 0.168. The Morgan fingerprint density at radius 3 is 2.30 bits per heavy atom. The highest BCUT2D eigenvalue weighted by atomic mass is 19.4. The molecule has 1 aromatic heterocycles. The fourth-order valence-electron chi connectivity index (χ4n) is 2.66. The van der Waals surface area contributed by atoms with E-state index in [4.69, 9.17) is 0 Å². The first kappa shape index (κ1) is 18.4. The van der Waals surface area contributed by atoms with Gasteiger partial charge >= 0.3 is 12.3 Å². The molecule has 3 rings (SSSR count). The van der Waals surface area contributed by atoms with Gasteiger partial charge in [-0.2, -0.15) is 0 Å². The van der Waals surface area contributed by atoms with Crippen LogP contribution in [0.15, 0.2) is 48.5 Å². The summed E-state index contributed by atoms with van der Waals surface area (Å²) in [7, 11) is 0. The Hall–Kier alpha value is -3.36. The van der Waals surface area contributed by atoms with Crippen LogP contribution < -0.4 is 4.74 Å². The van der Waals surface area contributed by atoms with Crippen LogP contribution >= 0.6 is 0 Å². The highest BCUT2D eigenvalue weighted by Crippen LogP contribution is 2.29. The highest BCUT2D eigenvalue weighted by Gasteiger charge is 2.31. The molecule has 0 aliphatic rings. The second-order valence-corrected chi connectivity index (χ2v) is 5.62. The topological polar surface area (TPSA) is 68.5 Å². The van der Waals surface area contributed by atoms with Crippen molar-refractivity contribution in [1.82, 2.24) is 4.57 Å². The predicted molar refractivity (Wildman–Crippen MR) is 86.3 cm³/mol. The number of hydrogen-bond acceptors (Lipinski definition) is 3. The number of ether oxygens (including phenoxy) is 1. The van der Waals surface area contributed by atoms with Gasteiger partial charge in [-0.25, -0.2) is 9.18 Å². The van der Waals surface area contributed by atoms with Crippen LogP contribution in [0.1, 0.15) is 20.8 Å². The second-order valence-electron chi connectivity index (χ2n) is 5.62. The lowest BCUT2D eigenvalue weighted by molar-refractivity contribution is -0.274. The summed E-state index contributed by atoms with van der Waals surface area (Å²) >= 11 is 0. The number of rotatable bonds is 5. The SMILES string of the molecule is O=C(Cn1c(C(=O)O)cc2cc(OC(F)(F)F)ccc21)c1ccc(F)cc1. The van der Waals surface area contributed by atoms with E-state index in [1.807, 2.05) is 0 Å². The summed E-state index contributed by atoms with van der Waals surface area (Å²) in [5, 5.41) is 9.52. The number of carboxylic acid groups (broad SMARTS) is 1. The number of carbonyl (C=O) groups is 2. The van der Waals surface area contributed by atoms with E-state index in [0.29, 0.717) is 0 Å². The van der Waals surface area contributed by atoms with Crippen LogP contribution in [0.3, 0.4) is 0 Å². The molecule has 5 nitrogen and oxygen atoms in total. The molecule has 0 aliphatic carbocycles. The maximum Gasteiger partial charge on any atom is 0.573 e. The van der Waals surface area contributed by atoms with Crippen LogP contribution in [-0.4, -0.2) is 27.8 Å². The Balaban J connectivity index is 2.00. The lowest BCUT2D eigenvalue weighted by atomic mass is 10.1. The Morgan fingerprint density at radius 1 is 1.04 bits per heavy atom. The third-order valence-corrected chi connectivity index (χ3v) is 3.79. The van der Waals surface area contributed by atoms with Crippen LogP contribution in [0, 0.1) is 5.82 Å². The van der Waals surface area contributed by atoms with Gasteiger partial charge in [-0.1, -0.05) is 0 Å². The Bertz CT molecular complexity index is 1020. The van der Waals surface area contributed by atoms with Crippen molar-refractivity contribution in [2.75, 3.05) is 0 Å². The average molecular weight is 381 g/mol. The van der Waals surface area contributed by atoms with E-state index in [1.54, 1.807) is 0 Å². The molecule has 0 saturated carbocycles. The van der Waals surface area contributed by atoms with E-state index in [1.165, 1.54) is 22.8 Å². The molecule has 0 bridgehead atoms. The Morgan fingerprint density at radius 2 is 1.70 bits per heavy atom. The average Bonchev–Trinajstić information content (AvgIpc) is 2.92. The van der Waals surface area contributed by atoms with Gasteiger partial charge in [-0.15, -0.1) is 13.2 Å². The van der Waals surface area contributed by atoms with Crippen LogP contribution in [0.2, 0.25) is 0 Å². The van der Waals surface area contributed by atoms with Crippen LogP contribution in [0.4, 0.5) is 17.6 Å². The molecular formula is C18H11F4NO4. The number of benzene rings is 2. The molecule has 0 radical (unpaired) electrons. The number of carboxylic acids is 1. The monoisotopic (exact) mass is 381 g/mol. The number of ketones is 1. The first-order chi connectivity index (χ1) is 12.6. The number of Topliss-reactive ketones (excluding diaryl/α,β-unsaturated/α-hetero) is 1. The van der Waals surface area contributed by atoms with Gasteiger partial charge in [0.25, 0.3) is 0 Å². The van der Waals surface area contributed by atoms with E-state index in [9.17, 15) is 32.3 Å². The molecule has 0 spiro atoms. The van der Waals surface area contributed by atoms with Crippen molar-refractivity contribution in [3.05, 3.63) is 65.6 Å². The zero-order chi connectivity index (χ0) is 19.8. The van der Waals surface area contributed by atoms with Gasteiger partial charge in [0.05, 0.1) is 6.54 Å². The van der Waals surface area contributed by atoms with Crippen molar-refractivity contribution in [3.8, 4) is 5.75 Å². The summed E-state index contributed by atoms with van der Waals surface area (Å²) < 4.78 is 55.0. The van der Waals surface area contributed by atoms with Crippen LogP contribution in [-0.2, 0) is 6.54 Å². The summed E-state index contributed by atoms with van der Waals surface area (Å²) in [4.78, 5) is 23.9. The summed E-state index contributed by atoms with van der Waals surface area (Å²) in [5.41, 5.74) is 0.147. The normalized spacial score (nSPS) is 11.6. The number of aromatic carboxylic acids is 1. The number of nitrogens with zero attached hydrogens (tertiary/aromatic N) is 1. The largest absolute Gasteiger partial charge is 0.573 e. The van der Waals surface area contributed by atoms with Gasteiger partial charge in [-0.3, -0.25) is 4.79 Å². The molecule has 140 valence electrons. The van der Waals surface area contributed by atoms with Crippen molar-refractivity contribution >= 4 is 22.7 Å². The zero-order valence-electron chi connectivity index (χ0n) is 13.5. The maximum absolute atomic E-state index is 13.0. The van der Waals surface area contributed by atoms with E-state index in [2.05, 4.69) is 4.74 Å². The molecule has 0 fully saturated rings. The number of aromatic nitrogens is 1. The Kier molecular flexibility index (Phi) is 4.61. The number of alkyl halides is 3. The van der Waals surface area contributed by atoms with E-state index < -0.39 is 29.7 Å². The van der Waals surface area contributed by atoms with Gasteiger partial charge in [0.1, 0.15) is 17.3 Å². The molecule has 0 unspecified atom stereocenters. The van der Waals surface area contributed by atoms with Gasteiger partial charge in [-0.05, 0) is 48.5 Å². The van der Waals surface area contributed by atoms with Crippen molar-refractivity contribution in [2.45, 2.75) is 12.9 Å². The molecule has 0 saturated heterocycles. The van der Waals surface area contributed by atoms with Gasteiger partial charge < -0.3 is 14.4 Å². The summed E-state index contributed by atoms with van der Waals surface area (Å²) in [5.74, 6) is -2.86. The number of carbonyl (C=O) groups excluding carboxylic acids is 1. The molecule has 0 amide bonds. The minimum atomic E-state index is -4.88. The van der Waals surface area contributed by atoms with Gasteiger partial charge in [0.15, 0.2) is 5.78 Å². The molecule has 1 N–H and O–H groups in total. The van der Waals surface area contributed by atoms with Crippen LogP contribution in [0.5, 0.6) is 5.75 Å². The van der Waals surface area contributed by atoms with Crippen molar-refractivity contribution < 1.29 is 37.0 Å². The van der Waals surface area contributed by atoms with Gasteiger partial charge in [0.2, 0.25) is 0 Å². The third-order valence-electron chi connectivity index (χ3n) is 3.79. The summed E-state index contributed by atoms with van der Waals surface area (Å²) in [6.07, 6.45) is -4.88. The Labute approximate surface area is 149 Å². The minimum Gasteiger partial charge on any atom is -0.477 e. The molecular weight excluding hydrogens is 370 g/mol. The fourth-order valence-corrected chi connectivity index (χ4v) is 2.66. The number of fused-ring (bicyclic) bond motifs is 1. The lowest BCUT2D eigenvalue weighted by Gasteiger charge is -2.10. The van der Waals surface area contributed by atoms with Gasteiger partial charge in [0, 0.05) is 16.5 Å². The molecule has 3 aromatic rings. The van der Waals surface area contributed by atoms with E-state index in [-0.39, 0.29) is 28.7 Å². The third kappa shape index (κ3) is 4.08. The first-order valence-corrected chi connectivity index (χ1v) is 7.55. The molecule has 1 heterocycles. The molecule has 27 heavy (non-hydrogen) atoms. The smallest absolute Gasteiger partial charge is 0.477 e. The zero-order valence-corrected chi connectivity index (χ0v) is 13.5. The summed E-state index contributed by atoms with van der Waals surface area (Å²) in [6.45, 7) is -0.379. The molecule has 2 aromatic carbocycles.